The molecule has 1 heterocycles. The molecule has 0 saturated carbocycles. The predicted octanol–water partition coefficient (Wildman–Crippen LogP) is 4.25. The minimum atomic E-state index is -0.362. The summed E-state index contributed by atoms with van der Waals surface area (Å²) in [4.78, 5) is 16.4. The Kier molecular flexibility index (Phi) is 3.66. The summed E-state index contributed by atoms with van der Waals surface area (Å²) in [5.41, 5.74) is 2.51. The number of hydrogen-bond acceptors (Lipinski definition) is 3. The van der Waals surface area contributed by atoms with E-state index in [-0.39, 0.29) is 11.7 Å². The van der Waals surface area contributed by atoms with E-state index in [1.54, 1.807) is 0 Å². The zero-order valence-corrected chi connectivity index (χ0v) is 12.2. The number of rotatable bonds is 3. The Morgan fingerprint density at radius 2 is 2.00 bits per heavy atom. The number of aromatic nitrogens is 1. The van der Waals surface area contributed by atoms with Gasteiger partial charge in [0.1, 0.15) is 5.82 Å². The Balaban J connectivity index is 1.84. The molecule has 1 aromatic heterocycles. The van der Waals surface area contributed by atoms with Crippen molar-refractivity contribution in [1.82, 2.24) is 4.98 Å². The van der Waals surface area contributed by atoms with Crippen LogP contribution in [0.15, 0.2) is 42.5 Å². The van der Waals surface area contributed by atoms with Gasteiger partial charge in [0.2, 0.25) is 0 Å². The highest BCUT2D eigenvalue weighted by Crippen LogP contribution is 2.27. The number of carbonyl (C=O) groups excluding carboxylic acids is 1. The lowest BCUT2D eigenvalue weighted by molar-refractivity contribution is 0.102. The van der Waals surface area contributed by atoms with Crippen LogP contribution in [0.4, 0.5) is 9.52 Å². The molecule has 0 atom stereocenters. The lowest BCUT2D eigenvalue weighted by Crippen LogP contribution is -2.11. The largest absolute Gasteiger partial charge is 0.298 e. The van der Waals surface area contributed by atoms with Crippen molar-refractivity contribution in [2.24, 2.45) is 0 Å². The van der Waals surface area contributed by atoms with Crippen molar-refractivity contribution >= 4 is 32.6 Å². The maximum atomic E-state index is 12.8. The van der Waals surface area contributed by atoms with E-state index in [0.29, 0.717) is 10.7 Å². The van der Waals surface area contributed by atoms with Gasteiger partial charge in [0, 0.05) is 5.56 Å². The van der Waals surface area contributed by atoms with Crippen LogP contribution in [-0.4, -0.2) is 10.9 Å². The van der Waals surface area contributed by atoms with Gasteiger partial charge in [-0.3, -0.25) is 10.1 Å². The van der Waals surface area contributed by atoms with Crippen LogP contribution in [0.2, 0.25) is 0 Å². The van der Waals surface area contributed by atoms with Crippen LogP contribution in [0.3, 0.4) is 0 Å². The van der Waals surface area contributed by atoms with Gasteiger partial charge in [-0.1, -0.05) is 24.3 Å². The lowest BCUT2D eigenvalue weighted by atomic mass is 10.2. The fraction of sp³-hybridized carbons (Fsp3) is 0.125. The maximum Gasteiger partial charge on any atom is 0.257 e. The highest BCUT2D eigenvalue weighted by molar-refractivity contribution is 7.22. The second kappa shape index (κ2) is 5.61. The van der Waals surface area contributed by atoms with E-state index >= 15 is 0 Å². The number of hydrogen-bond donors (Lipinski definition) is 1. The van der Waals surface area contributed by atoms with E-state index in [0.717, 1.165) is 16.6 Å². The molecule has 0 radical (unpaired) electrons. The number of halogens is 1. The third-order valence-electron chi connectivity index (χ3n) is 3.19. The maximum absolute atomic E-state index is 12.8. The molecule has 3 aromatic rings. The normalized spacial score (nSPS) is 10.8. The molecular weight excluding hydrogens is 287 g/mol. The monoisotopic (exact) mass is 300 g/mol. The van der Waals surface area contributed by atoms with E-state index < -0.39 is 0 Å². The molecule has 3 rings (SSSR count). The first-order chi connectivity index (χ1) is 10.2. The minimum Gasteiger partial charge on any atom is -0.298 e. The minimum absolute atomic E-state index is 0.287. The molecule has 2 aromatic carbocycles. The summed E-state index contributed by atoms with van der Waals surface area (Å²) in [6, 6.07) is 11.5. The summed E-state index contributed by atoms with van der Waals surface area (Å²) in [5, 5.41) is 3.30. The van der Waals surface area contributed by atoms with Gasteiger partial charge in [0.15, 0.2) is 5.13 Å². The first-order valence-electron chi connectivity index (χ1n) is 6.62. The third-order valence-corrected chi connectivity index (χ3v) is 4.12. The van der Waals surface area contributed by atoms with Crippen LogP contribution >= 0.6 is 11.3 Å². The quantitative estimate of drug-likeness (QED) is 0.785. The molecule has 0 unspecified atom stereocenters. The van der Waals surface area contributed by atoms with Gasteiger partial charge in [0.25, 0.3) is 5.91 Å². The summed E-state index contributed by atoms with van der Waals surface area (Å²) in [7, 11) is 0. The molecule has 0 bridgehead atoms. The average Bonchev–Trinajstić information content (AvgIpc) is 2.88. The molecule has 0 aliphatic carbocycles. The van der Waals surface area contributed by atoms with Crippen molar-refractivity contribution in [2.75, 3.05) is 5.32 Å². The van der Waals surface area contributed by atoms with Crippen molar-refractivity contribution < 1.29 is 9.18 Å². The molecule has 21 heavy (non-hydrogen) atoms. The van der Waals surface area contributed by atoms with E-state index in [1.807, 2.05) is 12.1 Å². The molecule has 106 valence electrons. The van der Waals surface area contributed by atoms with Gasteiger partial charge >= 0.3 is 0 Å². The number of nitrogens with zero attached hydrogens (tertiary/aromatic N) is 1. The highest BCUT2D eigenvalue weighted by atomic mass is 32.1. The van der Waals surface area contributed by atoms with Crippen LogP contribution in [0.1, 0.15) is 22.8 Å². The van der Waals surface area contributed by atoms with Crippen LogP contribution in [0.5, 0.6) is 0 Å². The fourth-order valence-electron chi connectivity index (χ4n) is 2.01. The van der Waals surface area contributed by atoms with E-state index in [9.17, 15) is 9.18 Å². The van der Waals surface area contributed by atoms with Crippen LogP contribution < -0.4 is 5.32 Å². The topological polar surface area (TPSA) is 42.0 Å². The Labute approximate surface area is 125 Å². The number of nitrogens with one attached hydrogen (secondary N) is 1. The van der Waals surface area contributed by atoms with Gasteiger partial charge in [-0.2, -0.15) is 0 Å². The second-order valence-electron chi connectivity index (χ2n) is 4.64. The summed E-state index contributed by atoms with van der Waals surface area (Å²) in [6.07, 6.45) is 0.963. The molecule has 0 aliphatic heterocycles. The van der Waals surface area contributed by atoms with Gasteiger partial charge in [-0.05, 0) is 48.4 Å². The average molecular weight is 300 g/mol. The molecule has 1 amide bonds. The van der Waals surface area contributed by atoms with Crippen LogP contribution in [-0.2, 0) is 6.42 Å². The molecule has 0 saturated heterocycles. The number of fused-ring (bicyclic) bond motifs is 1. The highest BCUT2D eigenvalue weighted by Gasteiger charge is 2.10. The Hall–Kier alpha value is -2.27. The standard InChI is InChI=1S/C16H13FN2OS/c1-2-10-3-8-13-14(9-10)21-16(18-13)19-15(20)11-4-6-12(17)7-5-11/h3-9H,2H2,1H3,(H,18,19,20). The Morgan fingerprint density at radius 3 is 2.71 bits per heavy atom. The number of benzene rings is 2. The summed E-state index contributed by atoms with van der Waals surface area (Å²) < 4.78 is 13.9. The van der Waals surface area contributed by atoms with Gasteiger partial charge in [0.05, 0.1) is 10.2 Å². The lowest BCUT2D eigenvalue weighted by Gasteiger charge is -2.00. The third kappa shape index (κ3) is 2.92. The van der Waals surface area contributed by atoms with Crippen molar-refractivity contribution in [2.45, 2.75) is 13.3 Å². The number of anilines is 1. The van der Waals surface area contributed by atoms with Crippen molar-refractivity contribution in [3.05, 3.63) is 59.4 Å². The Bertz CT molecular complexity index is 796. The van der Waals surface area contributed by atoms with Gasteiger partial charge in [-0.25, -0.2) is 9.37 Å². The first kappa shape index (κ1) is 13.7. The number of carbonyl (C=O) groups is 1. The van der Waals surface area contributed by atoms with E-state index in [4.69, 9.17) is 0 Å². The number of amides is 1. The van der Waals surface area contributed by atoms with E-state index in [2.05, 4.69) is 23.3 Å². The molecule has 3 nitrogen and oxygen atoms in total. The number of thiazole rings is 1. The predicted molar refractivity (Wildman–Crippen MR) is 83.4 cm³/mol. The molecule has 0 spiro atoms. The van der Waals surface area contributed by atoms with Crippen molar-refractivity contribution in [3.63, 3.8) is 0 Å². The zero-order valence-electron chi connectivity index (χ0n) is 11.4. The van der Waals surface area contributed by atoms with Gasteiger partial charge in [-0.15, -0.1) is 0 Å². The zero-order chi connectivity index (χ0) is 14.8. The SMILES string of the molecule is CCc1ccc2nc(NC(=O)c3ccc(F)cc3)sc2c1. The van der Waals surface area contributed by atoms with Gasteiger partial charge < -0.3 is 0 Å². The molecule has 1 N–H and O–H groups in total. The molecule has 0 fully saturated rings. The molecule has 5 heteroatoms. The molecule has 0 aliphatic rings. The van der Waals surface area contributed by atoms with Crippen LogP contribution in [0, 0.1) is 5.82 Å². The van der Waals surface area contributed by atoms with Crippen molar-refractivity contribution in [1.29, 1.82) is 0 Å². The molecular formula is C16H13FN2OS. The smallest absolute Gasteiger partial charge is 0.257 e. The first-order valence-corrected chi connectivity index (χ1v) is 7.44. The summed E-state index contributed by atoms with van der Waals surface area (Å²) >= 11 is 1.44. The van der Waals surface area contributed by atoms with Crippen LogP contribution in [0.25, 0.3) is 10.2 Å². The van der Waals surface area contributed by atoms with Crippen molar-refractivity contribution in [3.8, 4) is 0 Å². The Morgan fingerprint density at radius 1 is 1.24 bits per heavy atom. The fourth-order valence-corrected chi connectivity index (χ4v) is 2.94. The number of aryl methyl sites for hydroxylation is 1. The summed E-state index contributed by atoms with van der Waals surface area (Å²) in [5.74, 6) is -0.650. The summed E-state index contributed by atoms with van der Waals surface area (Å²) in [6.45, 7) is 2.10. The van der Waals surface area contributed by atoms with E-state index in [1.165, 1.54) is 41.2 Å². The second-order valence-corrected chi connectivity index (χ2v) is 5.67.